The first kappa shape index (κ1) is 15.5. The van der Waals surface area contributed by atoms with Crippen LogP contribution in [0.3, 0.4) is 0 Å². The zero-order valence-corrected chi connectivity index (χ0v) is 13.1. The Labute approximate surface area is 124 Å². The van der Waals surface area contributed by atoms with E-state index >= 15 is 0 Å². The van der Waals surface area contributed by atoms with Crippen LogP contribution in [-0.2, 0) is 20.8 Å². The fourth-order valence-electron chi connectivity index (χ4n) is 1.96. The lowest BCUT2D eigenvalue weighted by atomic mass is 10.1. The maximum absolute atomic E-state index is 11.3. The van der Waals surface area contributed by atoms with Crippen molar-refractivity contribution in [1.29, 1.82) is 0 Å². The molecule has 0 saturated carbocycles. The van der Waals surface area contributed by atoms with Crippen LogP contribution < -0.4 is 4.68 Å². The molecule has 0 amide bonds. The molecule has 2 rings (SSSR count). The molecule has 0 spiro atoms. The first-order valence-corrected chi connectivity index (χ1v) is 8.07. The van der Waals surface area contributed by atoms with Gasteiger partial charge in [0, 0.05) is 17.8 Å². The number of aryl methyl sites for hydroxylation is 3. The zero-order valence-electron chi connectivity index (χ0n) is 12.3. The molecule has 2 aromatic heterocycles. The van der Waals surface area contributed by atoms with Crippen LogP contribution in [0.4, 0.5) is 0 Å². The van der Waals surface area contributed by atoms with Gasteiger partial charge in [0.2, 0.25) is 0 Å². The summed E-state index contributed by atoms with van der Waals surface area (Å²) in [6.07, 6.45) is 5.24. The second-order valence-electron chi connectivity index (χ2n) is 4.79. The lowest BCUT2D eigenvalue weighted by molar-refractivity contribution is -0.750. The highest BCUT2D eigenvalue weighted by Gasteiger charge is 2.14. The quantitative estimate of drug-likeness (QED) is 0.609. The Hall–Kier alpha value is -1.86. The van der Waals surface area contributed by atoms with Crippen molar-refractivity contribution in [3.05, 3.63) is 41.9 Å². The number of nitrogens with zero attached hydrogens (tertiary/aromatic N) is 3. The van der Waals surface area contributed by atoms with Gasteiger partial charge >= 0.3 is 0 Å². The third-order valence-electron chi connectivity index (χ3n) is 3.08. The third-order valence-corrected chi connectivity index (χ3v) is 4.27. The molecule has 0 N–H and O–H groups in total. The van der Waals surface area contributed by atoms with Crippen molar-refractivity contribution in [3.8, 4) is 11.3 Å². The molecule has 0 unspecified atom stereocenters. The molecule has 0 radical (unpaired) electrons. The van der Waals surface area contributed by atoms with Crippen molar-refractivity contribution in [1.82, 2.24) is 10.1 Å². The Morgan fingerprint density at radius 2 is 2.05 bits per heavy atom. The smallest absolute Gasteiger partial charge is 0.273 e. The topological polar surface area (TPSA) is 73.0 Å². The van der Waals surface area contributed by atoms with Crippen molar-refractivity contribution in [2.45, 2.75) is 20.4 Å². The van der Waals surface area contributed by atoms with Gasteiger partial charge in [-0.1, -0.05) is 10.7 Å². The highest BCUT2D eigenvalue weighted by atomic mass is 32.2. The van der Waals surface area contributed by atoms with Crippen molar-refractivity contribution < 1.29 is 17.3 Å². The van der Waals surface area contributed by atoms with E-state index in [1.165, 1.54) is 0 Å². The number of rotatable bonds is 5. The summed E-state index contributed by atoms with van der Waals surface area (Å²) in [4.78, 5) is 4.41. The highest BCUT2D eigenvalue weighted by Crippen LogP contribution is 2.19. The molecule has 0 aliphatic rings. The van der Waals surface area contributed by atoms with Crippen LogP contribution in [0.25, 0.3) is 11.3 Å². The van der Waals surface area contributed by atoms with Crippen LogP contribution in [-0.4, -0.2) is 31.4 Å². The molecule has 0 atom stereocenters. The Bertz CT molecular complexity index is 728. The van der Waals surface area contributed by atoms with Crippen molar-refractivity contribution >= 4 is 10.1 Å². The summed E-state index contributed by atoms with van der Waals surface area (Å²) in [5.41, 5.74) is 3.97. The molecule has 0 aliphatic heterocycles. The predicted octanol–water partition coefficient (Wildman–Crippen LogP) is 1.02. The third kappa shape index (κ3) is 4.05. The van der Waals surface area contributed by atoms with Crippen LogP contribution in [0.2, 0.25) is 0 Å². The normalized spacial score (nSPS) is 11.6. The first-order chi connectivity index (χ1) is 9.91. The number of pyridine rings is 1. The SMILES string of the molecule is COS(=O)(=O)CC[n+]1ccc(-c2ncc(C)cc2C)cn1. The monoisotopic (exact) mass is 308 g/mol. The van der Waals surface area contributed by atoms with E-state index in [2.05, 4.69) is 20.3 Å². The minimum Gasteiger partial charge on any atom is -0.273 e. The summed E-state index contributed by atoms with van der Waals surface area (Å²) in [7, 11) is -2.31. The summed E-state index contributed by atoms with van der Waals surface area (Å²) in [6, 6.07) is 3.94. The molecule has 2 aromatic rings. The first-order valence-electron chi connectivity index (χ1n) is 6.49. The minimum absolute atomic E-state index is 0.109. The van der Waals surface area contributed by atoms with Gasteiger partial charge in [0.15, 0.2) is 12.7 Å². The van der Waals surface area contributed by atoms with Crippen LogP contribution in [0.15, 0.2) is 30.7 Å². The lowest BCUT2D eigenvalue weighted by Gasteiger charge is -2.04. The van der Waals surface area contributed by atoms with E-state index in [1.807, 2.05) is 26.1 Å². The van der Waals surface area contributed by atoms with E-state index in [0.29, 0.717) is 0 Å². The number of hydrogen-bond donors (Lipinski definition) is 0. The Balaban J connectivity index is 2.15. The van der Waals surface area contributed by atoms with Gasteiger partial charge in [0.25, 0.3) is 10.1 Å². The molecule has 0 aromatic carbocycles. The zero-order chi connectivity index (χ0) is 15.5. The summed E-state index contributed by atoms with van der Waals surface area (Å²) in [5.74, 6) is -0.109. The standard InChI is InChI=1S/C14H18N3O3S/c1-11-8-12(2)14(15-9-11)13-4-5-17(16-10-13)6-7-21(18,19)20-3/h4-5,8-10H,6-7H2,1-3H3/q+1. The fraction of sp³-hybridized carbons (Fsp3) is 0.357. The van der Waals surface area contributed by atoms with E-state index in [1.54, 1.807) is 17.1 Å². The van der Waals surface area contributed by atoms with Crippen molar-refractivity contribution in [2.75, 3.05) is 12.9 Å². The van der Waals surface area contributed by atoms with Crippen molar-refractivity contribution in [2.24, 2.45) is 0 Å². The average Bonchev–Trinajstić information content (AvgIpc) is 2.46. The van der Waals surface area contributed by atoms with E-state index in [4.69, 9.17) is 0 Å². The average molecular weight is 308 g/mol. The second-order valence-corrected chi connectivity index (χ2v) is 6.64. The van der Waals surface area contributed by atoms with Gasteiger partial charge in [-0.2, -0.15) is 8.42 Å². The highest BCUT2D eigenvalue weighted by molar-refractivity contribution is 7.86. The largest absolute Gasteiger partial charge is 0.273 e. The number of hydrogen-bond acceptors (Lipinski definition) is 5. The van der Waals surface area contributed by atoms with Crippen molar-refractivity contribution in [3.63, 3.8) is 0 Å². The van der Waals surface area contributed by atoms with Crippen LogP contribution >= 0.6 is 0 Å². The van der Waals surface area contributed by atoms with Gasteiger partial charge in [-0.15, -0.1) is 0 Å². The predicted molar refractivity (Wildman–Crippen MR) is 77.9 cm³/mol. The molecular formula is C14H18N3O3S+. The van der Waals surface area contributed by atoms with E-state index in [-0.39, 0.29) is 12.3 Å². The summed E-state index contributed by atoms with van der Waals surface area (Å²) >= 11 is 0. The molecule has 21 heavy (non-hydrogen) atoms. The number of aromatic nitrogens is 3. The second kappa shape index (κ2) is 6.28. The molecule has 0 fully saturated rings. The molecule has 0 saturated heterocycles. The molecule has 0 bridgehead atoms. The van der Waals surface area contributed by atoms with Crippen LogP contribution in [0.1, 0.15) is 11.1 Å². The molecular weight excluding hydrogens is 290 g/mol. The maximum Gasteiger partial charge on any atom is 0.273 e. The van der Waals surface area contributed by atoms with Gasteiger partial charge in [-0.25, -0.2) is 0 Å². The van der Waals surface area contributed by atoms with Crippen LogP contribution in [0, 0.1) is 13.8 Å². The molecule has 6 nitrogen and oxygen atoms in total. The van der Waals surface area contributed by atoms with Gasteiger partial charge in [-0.05, 0) is 30.1 Å². The molecule has 2 heterocycles. The summed E-state index contributed by atoms with van der Waals surface area (Å²) in [5, 5.41) is 4.21. The molecule has 7 heteroatoms. The maximum atomic E-state index is 11.3. The Morgan fingerprint density at radius 1 is 1.29 bits per heavy atom. The summed E-state index contributed by atoms with van der Waals surface area (Å²) < 4.78 is 28.5. The van der Waals surface area contributed by atoms with Gasteiger partial charge in [-0.3, -0.25) is 9.17 Å². The minimum atomic E-state index is -3.46. The van der Waals surface area contributed by atoms with Gasteiger partial charge < -0.3 is 0 Å². The van der Waals surface area contributed by atoms with Gasteiger partial charge in [0.1, 0.15) is 11.9 Å². The van der Waals surface area contributed by atoms with E-state index in [0.717, 1.165) is 29.5 Å². The molecule has 0 aliphatic carbocycles. The molecule has 112 valence electrons. The van der Waals surface area contributed by atoms with Gasteiger partial charge in [0.05, 0.1) is 12.8 Å². The Kier molecular flexibility index (Phi) is 4.64. The van der Waals surface area contributed by atoms with E-state index in [9.17, 15) is 8.42 Å². The Morgan fingerprint density at radius 3 is 2.62 bits per heavy atom. The van der Waals surface area contributed by atoms with E-state index < -0.39 is 10.1 Å². The van der Waals surface area contributed by atoms with Crippen LogP contribution in [0.5, 0.6) is 0 Å². The fourth-order valence-corrected chi connectivity index (χ4v) is 2.54. The summed E-state index contributed by atoms with van der Waals surface area (Å²) in [6.45, 7) is 4.25. The lowest BCUT2D eigenvalue weighted by Crippen LogP contribution is -2.40.